The molecule has 4 heteroatoms. The number of anilines is 1. The molecule has 1 aromatic carbocycles. The summed E-state index contributed by atoms with van der Waals surface area (Å²) in [5, 5.41) is 0. The van der Waals surface area contributed by atoms with E-state index in [4.69, 9.17) is 9.57 Å². The minimum absolute atomic E-state index is 0.321. The van der Waals surface area contributed by atoms with Gasteiger partial charge in [0.2, 0.25) is 0 Å². The Bertz CT molecular complexity index is 369. The van der Waals surface area contributed by atoms with E-state index in [1.54, 1.807) is 40.0 Å². The van der Waals surface area contributed by atoms with E-state index in [2.05, 4.69) is 5.48 Å². The van der Waals surface area contributed by atoms with E-state index in [-0.39, 0.29) is 5.97 Å². The van der Waals surface area contributed by atoms with Crippen LogP contribution in [0, 0.1) is 5.41 Å². The van der Waals surface area contributed by atoms with E-state index in [9.17, 15) is 4.79 Å². The summed E-state index contributed by atoms with van der Waals surface area (Å²) >= 11 is 0. The van der Waals surface area contributed by atoms with Crippen LogP contribution in [0.25, 0.3) is 0 Å². The van der Waals surface area contributed by atoms with Gasteiger partial charge >= 0.3 is 5.97 Å². The lowest BCUT2D eigenvalue weighted by molar-refractivity contribution is -0.149. The highest BCUT2D eigenvalue weighted by Gasteiger charge is 2.23. The summed E-state index contributed by atoms with van der Waals surface area (Å²) in [4.78, 5) is 16.5. The minimum atomic E-state index is -0.533. The van der Waals surface area contributed by atoms with Gasteiger partial charge in [-0.3, -0.25) is 0 Å². The highest BCUT2D eigenvalue weighted by atomic mass is 16.7. The number of hydrogen-bond donors (Lipinski definition) is 1. The van der Waals surface area contributed by atoms with Crippen molar-refractivity contribution >= 4 is 11.7 Å². The van der Waals surface area contributed by atoms with Crippen molar-refractivity contribution in [1.29, 1.82) is 0 Å². The summed E-state index contributed by atoms with van der Waals surface area (Å²) in [5.74, 6) is 0.308. The van der Waals surface area contributed by atoms with Crippen LogP contribution in [0.15, 0.2) is 24.3 Å². The highest BCUT2D eigenvalue weighted by molar-refractivity contribution is 5.76. The van der Waals surface area contributed by atoms with Crippen LogP contribution in [-0.4, -0.2) is 13.1 Å². The zero-order valence-electron chi connectivity index (χ0n) is 10.0. The number of benzene rings is 1. The third kappa shape index (κ3) is 3.15. The van der Waals surface area contributed by atoms with Crippen molar-refractivity contribution in [1.82, 2.24) is 0 Å². The molecule has 1 N–H and O–H groups in total. The number of carbonyl (C=O) groups excluding carboxylic acids is 1. The first-order chi connectivity index (χ1) is 7.45. The van der Waals surface area contributed by atoms with Crippen molar-refractivity contribution in [3.05, 3.63) is 24.3 Å². The molecule has 1 aromatic rings. The lowest BCUT2D eigenvalue weighted by Crippen LogP contribution is -2.25. The second-order valence-electron chi connectivity index (χ2n) is 4.44. The second kappa shape index (κ2) is 4.88. The van der Waals surface area contributed by atoms with Crippen LogP contribution >= 0.6 is 0 Å². The Hall–Kier alpha value is -1.71. The van der Waals surface area contributed by atoms with Crippen molar-refractivity contribution in [2.75, 3.05) is 12.6 Å². The number of carbonyl (C=O) groups is 1. The molecule has 0 saturated heterocycles. The first-order valence-corrected chi connectivity index (χ1v) is 5.05. The molecule has 0 aliphatic carbocycles. The van der Waals surface area contributed by atoms with Crippen molar-refractivity contribution in [3.63, 3.8) is 0 Å². The zero-order valence-corrected chi connectivity index (χ0v) is 10.0. The SMILES string of the molecule is COc1ccccc1NOC(=O)C(C)(C)C. The van der Waals surface area contributed by atoms with Crippen molar-refractivity contribution in [2.24, 2.45) is 5.41 Å². The third-order valence-corrected chi connectivity index (χ3v) is 1.97. The molecule has 0 bridgehead atoms. The Morgan fingerprint density at radius 3 is 2.44 bits per heavy atom. The van der Waals surface area contributed by atoms with Crippen LogP contribution in [0.3, 0.4) is 0 Å². The van der Waals surface area contributed by atoms with E-state index in [1.807, 2.05) is 12.1 Å². The maximum atomic E-state index is 11.5. The molecule has 0 atom stereocenters. The second-order valence-corrected chi connectivity index (χ2v) is 4.44. The third-order valence-electron chi connectivity index (χ3n) is 1.97. The summed E-state index contributed by atoms with van der Waals surface area (Å²) in [6, 6.07) is 7.23. The Kier molecular flexibility index (Phi) is 3.77. The average Bonchev–Trinajstić information content (AvgIpc) is 2.24. The summed E-state index contributed by atoms with van der Waals surface area (Å²) in [6.07, 6.45) is 0. The maximum absolute atomic E-state index is 11.5. The molecule has 0 unspecified atom stereocenters. The summed E-state index contributed by atoms with van der Waals surface area (Å²) in [5.41, 5.74) is 2.69. The van der Waals surface area contributed by atoms with Gasteiger partial charge in [0.05, 0.1) is 12.5 Å². The number of rotatable bonds is 3. The largest absolute Gasteiger partial charge is 0.494 e. The molecule has 0 saturated carbocycles. The van der Waals surface area contributed by atoms with Gasteiger partial charge in [0.25, 0.3) is 0 Å². The quantitative estimate of drug-likeness (QED) is 0.800. The molecule has 0 fully saturated rings. The zero-order chi connectivity index (χ0) is 12.2. The molecule has 88 valence electrons. The molecule has 1 rings (SSSR count). The van der Waals surface area contributed by atoms with Gasteiger partial charge in [0.1, 0.15) is 11.4 Å². The van der Waals surface area contributed by atoms with E-state index in [1.165, 1.54) is 0 Å². The summed E-state index contributed by atoms with van der Waals surface area (Å²) < 4.78 is 5.11. The van der Waals surface area contributed by atoms with Crippen LogP contribution < -0.4 is 10.2 Å². The van der Waals surface area contributed by atoms with Gasteiger partial charge < -0.3 is 9.57 Å². The van der Waals surface area contributed by atoms with Gasteiger partial charge in [-0.15, -0.1) is 0 Å². The molecule has 0 radical (unpaired) electrons. The fraction of sp³-hybridized carbons (Fsp3) is 0.417. The van der Waals surface area contributed by atoms with Gasteiger partial charge in [0.15, 0.2) is 0 Å². The molecular weight excluding hydrogens is 206 g/mol. The molecule has 0 amide bonds. The van der Waals surface area contributed by atoms with Crippen LogP contribution in [-0.2, 0) is 9.63 Å². The van der Waals surface area contributed by atoms with Crippen molar-refractivity contribution in [3.8, 4) is 5.75 Å². The number of ether oxygens (including phenoxy) is 1. The van der Waals surface area contributed by atoms with Gasteiger partial charge in [-0.25, -0.2) is 10.3 Å². The topological polar surface area (TPSA) is 47.6 Å². The monoisotopic (exact) mass is 223 g/mol. The van der Waals surface area contributed by atoms with Gasteiger partial charge in [-0.1, -0.05) is 12.1 Å². The van der Waals surface area contributed by atoms with Crippen LogP contribution in [0.5, 0.6) is 5.75 Å². The average molecular weight is 223 g/mol. The lowest BCUT2D eigenvalue weighted by Gasteiger charge is -2.17. The number of hydrogen-bond acceptors (Lipinski definition) is 4. The van der Waals surface area contributed by atoms with Crippen LogP contribution in [0.4, 0.5) is 5.69 Å². The minimum Gasteiger partial charge on any atom is -0.494 e. The molecule has 0 heterocycles. The first-order valence-electron chi connectivity index (χ1n) is 5.05. The molecule has 0 aromatic heterocycles. The van der Waals surface area contributed by atoms with E-state index in [0.717, 1.165) is 0 Å². The predicted molar refractivity (Wildman–Crippen MR) is 62.2 cm³/mol. The summed E-state index contributed by atoms with van der Waals surface area (Å²) in [7, 11) is 1.56. The Morgan fingerprint density at radius 1 is 1.25 bits per heavy atom. The fourth-order valence-electron chi connectivity index (χ4n) is 0.983. The van der Waals surface area contributed by atoms with E-state index in [0.29, 0.717) is 11.4 Å². The standard InChI is InChI=1S/C12H17NO3/c1-12(2,3)11(14)16-13-9-7-5-6-8-10(9)15-4/h5-8,13H,1-4H3. The van der Waals surface area contributed by atoms with Gasteiger partial charge in [0, 0.05) is 0 Å². The Morgan fingerprint density at radius 2 is 1.88 bits per heavy atom. The smallest absolute Gasteiger partial charge is 0.337 e. The highest BCUT2D eigenvalue weighted by Crippen LogP contribution is 2.24. The van der Waals surface area contributed by atoms with E-state index < -0.39 is 5.41 Å². The Balaban J connectivity index is 2.65. The van der Waals surface area contributed by atoms with Crippen LogP contribution in [0.2, 0.25) is 0 Å². The van der Waals surface area contributed by atoms with E-state index >= 15 is 0 Å². The number of nitrogens with one attached hydrogen (secondary N) is 1. The normalized spacial score (nSPS) is 10.8. The van der Waals surface area contributed by atoms with Gasteiger partial charge in [-0.2, -0.15) is 0 Å². The number of para-hydroxylation sites is 2. The molecule has 0 spiro atoms. The fourth-order valence-corrected chi connectivity index (χ4v) is 0.983. The molecular formula is C12H17NO3. The number of methoxy groups -OCH3 is 1. The lowest BCUT2D eigenvalue weighted by atomic mass is 9.98. The summed E-state index contributed by atoms with van der Waals surface area (Å²) in [6.45, 7) is 5.37. The molecule has 16 heavy (non-hydrogen) atoms. The molecule has 0 aliphatic heterocycles. The molecule has 0 aliphatic rings. The Labute approximate surface area is 95.5 Å². The van der Waals surface area contributed by atoms with Gasteiger partial charge in [-0.05, 0) is 32.9 Å². The van der Waals surface area contributed by atoms with Crippen LogP contribution in [0.1, 0.15) is 20.8 Å². The van der Waals surface area contributed by atoms with Crippen molar-refractivity contribution in [2.45, 2.75) is 20.8 Å². The first kappa shape index (κ1) is 12.4. The molecule has 4 nitrogen and oxygen atoms in total. The maximum Gasteiger partial charge on any atom is 0.337 e. The predicted octanol–water partition coefficient (Wildman–Crippen LogP) is 2.61. The van der Waals surface area contributed by atoms with Crippen molar-refractivity contribution < 1.29 is 14.4 Å².